The largest absolute Gasteiger partial charge is 0.212 e. The predicted molar refractivity (Wildman–Crippen MR) is 75.2 cm³/mol. The summed E-state index contributed by atoms with van der Waals surface area (Å²) < 4.78 is 1.72. The zero-order chi connectivity index (χ0) is 13.5. The Morgan fingerprint density at radius 3 is 2.50 bits per heavy atom. The minimum absolute atomic E-state index is 0.179. The van der Waals surface area contributed by atoms with Gasteiger partial charge in [0.1, 0.15) is 5.15 Å². The summed E-state index contributed by atoms with van der Waals surface area (Å²) in [6, 6.07) is 4.03. The first-order valence-corrected chi connectivity index (χ1v) is 6.69. The van der Waals surface area contributed by atoms with E-state index < -0.39 is 0 Å². The van der Waals surface area contributed by atoms with Gasteiger partial charge < -0.3 is 0 Å². The molecule has 2 aromatic rings. The lowest BCUT2D eigenvalue weighted by molar-refractivity contribution is 0.401. The molecule has 0 aliphatic rings. The second kappa shape index (κ2) is 4.54. The first-order valence-electron chi connectivity index (χ1n) is 6.31. The van der Waals surface area contributed by atoms with Crippen LogP contribution in [0.1, 0.15) is 51.9 Å². The van der Waals surface area contributed by atoms with Gasteiger partial charge in [0.2, 0.25) is 0 Å². The van der Waals surface area contributed by atoms with Crippen molar-refractivity contribution in [3.63, 3.8) is 0 Å². The van der Waals surface area contributed by atoms with Crippen LogP contribution in [0.25, 0.3) is 5.65 Å². The van der Waals surface area contributed by atoms with Crippen molar-refractivity contribution in [3.8, 4) is 0 Å². The van der Waals surface area contributed by atoms with Gasteiger partial charge in [-0.3, -0.25) is 0 Å². The van der Waals surface area contributed by atoms with E-state index in [1.807, 2.05) is 6.07 Å². The fourth-order valence-electron chi connectivity index (χ4n) is 1.89. The highest BCUT2D eigenvalue weighted by Gasteiger charge is 2.16. The molecule has 4 heteroatoms. The number of rotatable bonds is 2. The summed E-state index contributed by atoms with van der Waals surface area (Å²) in [6.45, 7) is 10.8. The zero-order valence-corrected chi connectivity index (χ0v) is 12.4. The van der Waals surface area contributed by atoms with Crippen LogP contribution in [0.2, 0.25) is 5.15 Å². The molecule has 0 unspecified atom stereocenters. The van der Waals surface area contributed by atoms with E-state index in [0.717, 1.165) is 17.9 Å². The van der Waals surface area contributed by atoms with Crippen molar-refractivity contribution in [1.29, 1.82) is 0 Å². The topological polar surface area (TPSA) is 30.2 Å². The maximum Gasteiger partial charge on any atom is 0.157 e. The lowest BCUT2D eigenvalue weighted by Gasteiger charge is -2.14. The van der Waals surface area contributed by atoms with Crippen LogP contribution in [-0.4, -0.2) is 14.6 Å². The van der Waals surface area contributed by atoms with Crippen molar-refractivity contribution >= 4 is 17.2 Å². The van der Waals surface area contributed by atoms with Crippen LogP contribution in [0.15, 0.2) is 12.1 Å². The summed E-state index contributed by atoms with van der Waals surface area (Å²) in [7, 11) is 0. The molecule has 0 aliphatic heterocycles. The summed E-state index contributed by atoms with van der Waals surface area (Å²) in [6.07, 6.45) is 0.849. The summed E-state index contributed by atoms with van der Waals surface area (Å²) >= 11 is 6.25. The zero-order valence-electron chi connectivity index (χ0n) is 11.7. The molecule has 0 radical (unpaired) electrons. The average Bonchev–Trinajstić information content (AvgIpc) is 2.57. The minimum atomic E-state index is 0.179. The van der Waals surface area contributed by atoms with Crippen molar-refractivity contribution in [3.05, 3.63) is 28.7 Å². The van der Waals surface area contributed by atoms with Gasteiger partial charge in [-0.05, 0) is 29.0 Å². The SMILES string of the molecule is CC(C)c1cc(Cl)n2nc(CC(C)(C)C)nc2c1. The van der Waals surface area contributed by atoms with Crippen LogP contribution in [0, 0.1) is 5.41 Å². The number of pyridine rings is 1. The van der Waals surface area contributed by atoms with Crippen LogP contribution in [0.4, 0.5) is 0 Å². The highest BCUT2D eigenvalue weighted by Crippen LogP contribution is 2.23. The molecule has 0 N–H and O–H groups in total. The predicted octanol–water partition coefficient (Wildman–Crippen LogP) is 4.09. The van der Waals surface area contributed by atoms with Gasteiger partial charge in [0.25, 0.3) is 0 Å². The third-order valence-corrected chi connectivity index (χ3v) is 3.08. The van der Waals surface area contributed by atoms with Crippen molar-refractivity contribution in [2.24, 2.45) is 5.41 Å². The van der Waals surface area contributed by atoms with Crippen molar-refractivity contribution in [2.45, 2.75) is 47.0 Å². The monoisotopic (exact) mass is 265 g/mol. The Balaban J connectivity index is 2.48. The van der Waals surface area contributed by atoms with Crippen LogP contribution in [0.3, 0.4) is 0 Å². The van der Waals surface area contributed by atoms with Gasteiger partial charge in [-0.1, -0.05) is 46.2 Å². The molecule has 0 bridgehead atoms. The van der Waals surface area contributed by atoms with E-state index in [0.29, 0.717) is 11.1 Å². The van der Waals surface area contributed by atoms with E-state index >= 15 is 0 Å². The fraction of sp³-hybridized carbons (Fsp3) is 0.571. The number of hydrogen-bond acceptors (Lipinski definition) is 2. The van der Waals surface area contributed by atoms with E-state index in [1.165, 1.54) is 5.56 Å². The standard InChI is InChI=1S/C14H20ClN3/c1-9(2)10-6-11(15)18-13(7-10)16-12(17-18)8-14(3,4)5/h6-7,9H,8H2,1-5H3. The molecule has 2 aromatic heterocycles. The van der Waals surface area contributed by atoms with E-state index in [9.17, 15) is 0 Å². The molecule has 0 spiro atoms. The first-order chi connectivity index (χ1) is 8.26. The molecule has 2 heterocycles. The van der Waals surface area contributed by atoms with Crippen molar-refractivity contribution in [1.82, 2.24) is 14.6 Å². The van der Waals surface area contributed by atoms with Crippen LogP contribution in [0.5, 0.6) is 0 Å². The number of aromatic nitrogens is 3. The Labute approximate surface area is 113 Å². The molecule has 0 saturated carbocycles. The normalized spacial score (nSPS) is 12.6. The Morgan fingerprint density at radius 2 is 1.94 bits per heavy atom. The average molecular weight is 266 g/mol. The molecule has 0 amide bonds. The Bertz CT molecular complexity index is 564. The van der Waals surface area contributed by atoms with E-state index in [1.54, 1.807) is 4.52 Å². The maximum atomic E-state index is 6.25. The fourth-order valence-corrected chi connectivity index (χ4v) is 2.14. The van der Waals surface area contributed by atoms with E-state index in [-0.39, 0.29) is 5.41 Å². The second-order valence-corrected chi connectivity index (χ2v) is 6.69. The van der Waals surface area contributed by atoms with Gasteiger partial charge in [-0.2, -0.15) is 0 Å². The van der Waals surface area contributed by atoms with Gasteiger partial charge in [-0.15, -0.1) is 5.10 Å². The summed E-state index contributed by atoms with van der Waals surface area (Å²) in [5, 5.41) is 5.10. The van der Waals surface area contributed by atoms with Gasteiger partial charge in [-0.25, -0.2) is 9.50 Å². The molecular formula is C14H20ClN3. The van der Waals surface area contributed by atoms with Gasteiger partial charge in [0.15, 0.2) is 11.5 Å². The van der Waals surface area contributed by atoms with Gasteiger partial charge in [0, 0.05) is 6.42 Å². The molecule has 0 aromatic carbocycles. The van der Waals surface area contributed by atoms with Gasteiger partial charge in [0.05, 0.1) is 0 Å². The molecule has 3 nitrogen and oxygen atoms in total. The first kappa shape index (κ1) is 13.3. The third kappa shape index (κ3) is 2.83. The molecule has 2 rings (SSSR count). The Hall–Kier alpha value is -1.09. The summed E-state index contributed by atoms with van der Waals surface area (Å²) in [4.78, 5) is 4.57. The quantitative estimate of drug-likeness (QED) is 0.766. The smallest absolute Gasteiger partial charge is 0.157 e. The van der Waals surface area contributed by atoms with E-state index in [4.69, 9.17) is 11.6 Å². The van der Waals surface area contributed by atoms with Crippen LogP contribution in [-0.2, 0) is 6.42 Å². The Morgan fingerprint density at radius 1 is 1.28 bits per heavy atom. The van der Waals surface area contributed by atoms with E-state index in [2.05, 4.69) is 50.8 Å². The summed E-state index contributed by atoms with van der Waals surface area (Å²) in [5.41, 5.74) is 2.21. The molecule has 0 aliphatic carbocycles. The molecule has 0 fully saturated rings. The number of fused-ring (bicyclic) bond motifs is 1. The molecule has 0 saturated heterocycles. The van der Waals surface area contributed by atoms with Crippen molar-refractivity contribution < 1.29 is 0 Å². The highest BCUT2D eigenvalue weighted by molar-refractivity contribution is 6.29. The number of halogens is 1. The van der Waals surface area contributed by atoms with Crippen LogP contribution < -0.4 is 0 Å². The lowest BCUT2D eigenvalue weighted by Crippen LogP contribution is -2.10. The third-order valence-electron chi connectivity index (χ3n) is 2.82. The molecule has 98 valence electrons. The molecule has 18 heavy (non-hydrogen) atoms. The highest BCUT2D eigenvalue weighted by atomic mass is 35.5. The maximum absolute atomic E-state index is 6.25. The number of hydrogen-bond donors (Lipinski definition) is 0. The summed E-state index contributed by atoms with van der Waals surface area (Å²) in [5.74, 6) is 1.29. The second-order valence-electron chi connectivity index (χ2n) is 6.30. The van der Waals surface area contributed by atoms with Crippen LogP contribution >= 0.6 is 11.6 Å². The van der Waals surface area contributed by atoms with Crippen molar-refractivity contribution in [2.75, 3.05) is 0 Å². The minimum Gasteiger partial charge on any atom is -0.212 e. The molecular weight excluding hydrogens is 246 g/mol. The molecule has 0 atom stereocenters. The number of nitrogens with zero attached hydrogens (tertiary/aromatic N) is 3. The van der Waals surface area contributed by atoms with Gasteiger partial charge >= 0.3 is 0 Å². The Kier molecular flexibility index (Phi) is 3.37. The lowest BCUT2D eigenvalue weighted by atomic mass is 9.92.